The molecule has 0 aliphatic rings. The molecule has 1 N–H and O–H groups in total. The Labute approximate surface area is 110 Å². The largest absolute Gasteiger partial charge is 0.382 e. The van der Waals surface area contributed by atoms with Crippen LogP contribution in [-0.2, 0) is 0 Å². The summed E-state index contributed by atoms with van der Waals surface area (Å²) in [6, 6.07) is 9.73. The molecule has 3 rings (SSSR count). The van der Waals surface area contributed by atoms with E-state index in [-0.39, 0.29) is 0 Å². The first-order valence-corrected chi connectivity index (χ1v) is 5.88. The van der Waals surface area contributed by atoms with Gasteiger partial charge in [-0.05, 0) is 12.1 Å². The van der Waals surface area contributed by atoms with Gasteiger partial charge in [-0.25, -0.2) is 4.68 Å². The molecule has 2 heterocycles. The zero-order valence-electron chi connectivity index (χ0n) is 10.1. The Morgan fingerprint density at radius 3 is 2.63 bits per heavy atom. The van der Waals surface area contributed by atoms with Gasteiger partial charge in [0.1, 0.15) is 6.10 Å². The molecule has 0 saturated heterocycles. The van der Waals surface area contributed by atoms with E-state index < -0.39 is 6.10 Å². The van der Waals surface area contributed by atoms with E-state index in [1.807, 2.05) is 30.3 Å². The second-order valence-electron chi connectivity index (χ2n) is 4.09. The zero-order valence-corrected chi connectivity index (χ0v) is 10.1. The number of rotatable bonds is 3. The summed E-state index contributed by atoms with van der Waals surface area (Å²) in [5.74, 6) is 0. The lowest BCUT2D eigenvalue weighted by molar-refractivity contribution is 0.215. The Morgan fingerprint density at radius 1 is 1.05 bits per heavy atom. The number of aliphatic hydroxyl groups is 1. The molecular formula is C14H12N4O. The highest BCUT2D eigenvalue weighted by Gasteiger charge is 2.14. The lowest BCUT2D eigenvalue weighted by Gasteiger charge is -2.06. The predicted octanol–water partition coefficient (Wildman–Crippen LogP) is 1.74. The molecule has 0 aliphatic heterocycles. The molecule has 2 aromatic heterocycles. The van der Waals surface area contributed by atoms with Crippen LogP contribution in [0.25, 0.3) is 5.69 Å². The van der Waals surface area contributed by atoms with Gasteiger partial charge in [0.05, 0.1) is 23.8 Å². The summed E-state index contributed by atoms with van der Waals surface area (Å²) in [4.78, 5) is 8.03. The van der Waals surface area contributed by atoms with Crippen LogP contribution in [0.5, 0.6) is 0 Å². The molecule has 0 radical (unpaired) electrons. The molecule has 0 aliphatic carbocycles. The standard InChI is InChI=1S/C14H12N4O/c19-14(13-9-15-6-7-16-13)11-8-17-18(10-11)12-4-2-1-3-5-12/h1-10,14,19H. The molecule has 3 aromatic rings. The van der Waals surface area contributed by atoms with Gasteiger partial charge in [0.15, 0.2) is 0 Å². The first-order chi connectivity index (χ1) is 9.34. The molecule has 94 valence electrons. The number of benzene rings is 1. The predicted molar refractivity (Wildman–Crippen MR) is 69.7 cm³/mol. The van der Waals surface area contributed by atoms with Crippen molar-refractivity contribution >= 4 is 0 Å². The summed E-state index contributed by atoms with van der Waals surface area (Å²) >= 11 is 0. The van der Waals surface area contributed by atoms with Crippen LogP contribution in [0.4, 0.5) is 0 Å². The Balaban J connectivity index is 1.90. The van der Waals surface area contributed by atoms with Gasteiger partial charge in [-0.1, -0.05) is 18.2 Å². The molecule has 0 fully saturated rings. The highest BCUT2D eigenvalue weighted by atomic mass is 16.3. The summed E-state index contributed by atoms with van der Waals surface area (Å²) < 4.78 is 1.72. The topological polar surface area (TPSA) is 63.8 Å². The van der Waals surface area contributed by atoms with Gasteiger partial charge in [0.25, 0.3) is 0 Å². The van der Waals surface area contributed by atoms with Crippen LogP contribution < -0.4 is 0 Å². The average molecular weight is 252 g/mol. The Morgan fingerprint density at radius 2 is 1.89 bits per heavy atom. The summed E-state index contributed by atoms with van der Waals surface area (Å²) in [6.45, 7) is 0. The Kier molecular flexibility index (Phi) is 3.04. The maximum absolute atomic E-state index is 10.2. The van der Waals surface area contributed by atoms with Gasteiger partial charge in [0.2, 0.25) is 0 Å². The fourth-order valence-electron chi connectivity index (χ4n) is 1.82. The number of aliphatic hydroxyl groups excluding tert-OH is 1. The van der Waals surface area contributed by atoms with E-state index in [2.05, 4.69) is 15.1 Å². The zero-order chi connectivity index (χ0) is 13.1. The SMILES string of the molecule is OC(c1cnn(-c2ccccc2)c1)c1cnccn1. The molecule has 19 heavy (non-hydrogen) atoms. The van der Waals surface area contributed by atoms with Crippen molar-refractivity contribution in [2.45, 2.75) is 6.10 Å². The number of hydrogen-bond acceptors (Lipinski definition) is 4. The number of nitrogens with zero attached hydrogens (tertiary/aromatic N) is 4. The van der Waals surface area contributed by atoms with Crippen LogP contribution in [0.15, 0.2) is 61.3 Å². The molecule has 1 unspecified atom stereocenters. The van der Waals surface area contributed by atoms with Gasteiger partial charge in [-0.3, -0.25) is 9.97 Å². The fraction of sp³-hybridized carbons (Fsp3) is 0.0714. The lowest BCUT2D eigenvalue weighted by Crippen LogP contribution is -2.01. The van der Waals surface area contributed by atoms with Crippen LogP contribution >= 0.6 is 0 Å². The van der Waals surface area contributed by atoms with E-state index in [9.17, 15) is 5.11 Å². The minimum absolute atomic E-state index is 0.509. The maximum Gasteiger partial charge on any atom is 0.126 e. The van der Waals surface area contributed by atoms with Gasteiger partial charge in [0, 0.05) is 24.2 Å². The van der Waals surface area contributed by atoms with Crippen LogP contribution in [0.1, 0.15) is 17.4 Å². The van der Waals surface area contributed by atoms with Crippen molar-refractivity contribution in [2.75, 3.05) is 0 Å². The van der Waals surface area contributed by atoms with Crippen LogP contribution in [-0.4, -0.2) is 24.9 Å². The first kappa shape index (κ1) is 11.6. The van der Waals surface area contributed by atoms with Gasteiger partial charge < -0.3 is 5.11 Å². The van der Waals surface area contributed by atoms with Gasteiger partial charge >= 0.3 is 0 Å². The Hall–Kier alpha value is -2.53. The minimum Gasteiger partial charge on any atom is -0.382 e. The van der Waals surface area contributed by atoms with Crippen molar-refractivity contribution in [1.29, 1.82) is 0 Å². The van der Waals surface area contributed by atoms with Crippen molar-refractivity contribution in [1.82, 2.24) is 19.7 Å². The van der Waals surface area contributed by atoms with Gasteiger partial charge in [-0.2, -0.15) is 5.10 Å². The summed E-state index contributed by atoms with van der Waals surface area (Å²) in [6.07, 6.45) is 7.28. The molecule has 0 saturated carbocycles. The monoisotopic (exact) mass is 252 g/mol. The summed E-state index contributed by atoms with van der Waals surface area (Å²) in [5, 5.41) is 14.4. The normalized spacial score (nSPS) is 12.3. The second-order valence-corrected chi connectivity index (χ2v) is 4.09. The van der Waals surface area contributed by atoms with Crippen LogP contribution in [0.3, 0.4) is 0 Å². The van der Waals surface area contributed by atoms with Crippen molar-refractivity contribution in [3.05, 3.63) is 72.6 Å². The van der Waals surface area contributed by atoms with E-state index in [0.29, 0.717) is 11.3 Å². The summed E-state index contributed by atoms with van der Waals surface area (Å²) in [5.41, 5.74) is 2.14. The molecule has 5 heteroatoms. The second kappa shape index (κ2) is 4.99. The molecule has 0 spiro atoms. The average Bonchev–Trinajstić information content (AvgIpc) is 2.98. The molecular weight excluding hydrogens is 240 g/mol. The van der Waals surface area contributed by atoms with Crippen molar-refractivity contribution in [3.63, 3.8) is 0 Å². The molecule has 5 nitrogen and oxygen atoms in total. The maximum atomic E-state index is 10.2. The van der Waals surface area contributed by atoms with Crippen molar-refractivity contribution < 1.29 is 5.11 Å². The highest BCUT2D eigenvalue weighted by molar-refractivity contribution is 5.32. The third-order valence-corrected chi connectivity index (χ3v) is 2.80. The smallest absolute Gasteiger partial charge is 0.126 e. The lowest BCUT2D eigenvalue weighted by atomic mass is 10.1. The summed E-state index contributed by atoms with van der Waals surface area (Å²) in [7, 11) is 0. The molecule has 0 amide bonds. The van der Waals surface area contributed by atoms with Crippen LogP contribution in [0, 0.1) is 0 Å². The van der Waals surface area contributed by atoms with Crippen molar-refractivity contribution in [2.24, 2.45) is 0 Å². The van der Waals surface area contributed by atoms with E-state index in [4.69, 9.17) is 0 Å². The van der Waals surface area contributed by atoms with Crippen molar-refractivity contribution in [3.8, 4) is 5.69 Å². The number of para-hydroxylation sites is 1. The first-order valence-electron chi connectivity index (χ1n) is 5.88. The number of hydrogen-bond donors (Lipinski definition) is 1. The van der Waals surface area contributed by atoms with E-state index in [1.165, 1.54) is 0 Å². The third-order valence-electron chi connectivity index (χ3n) is 2.80. The van der Waals surface area contributed by atoms with Crippen LogP contribution in [0.2, 0.25) is 0 Å². The van der Waals surface area contributed by atoms with Gasteiger partial charge in [-0.15, -0.1) is 0 Å². The van der Waals surface area contributed by atoms with E-state index in [1.54, 1.807) is 35.7 Å². The molecule has 1 atom stereocenters. The van der Waals surface area contributed by atoms with E-state index >= 15 is 0 Å². The van der Waals surface area contributed by atoms with E-state index in [0.717, 1.165) is 5.69 Å². The minimum atomic E-state index is -0.814. The molecule has 0 bridgehead atoms. The molecule has 1 aromatic carbocycles. The number of aromatic nitrogens is 4. The third kappa shape index (κ3) is 2.36. The quantitative estimate of drug-likeness (QED) is 0.771. The Bertz CT molecular complexity index is 651. The highest BCUT2D eigenvalue weighted by Crippen LogP contribution is 2.19. The fourth-order valence-corrected chi connectivity index (χ4v) is 1.82.